The third-order valence-corrected chi connectivity index (χ3v) is 5.76. The number of carbonyl (C=O) groups excluding carboxylic acids is 1. The molecular weight excluding hydrogens is 372 g/mol. The highest BCUT2D eigenvalue weighted by atomic mass is 16.6. The maximum atomic E-state index is 13.2. The normalized spacial score (nSPS) is 19.4. The van der Waals surface area contributed by atoms with E-state index in [1.165, 1.54) is 12.1 Å². The van der Waals surface area contributed by atoms with Crippen molar-refractivity contribution in [1.29, 1.82) is 0 Å². The van der Waals surface area contributed by atoms with E-state index in [2.05, 4.69) is 22.3 Å². The van der Waals surface area contributed by atoms with Crippen molar-refractivity contribution >= 4 is 11.6 Å². The zero-order valence-corrected chi connectivity index (χ0v) is 16.2. The fourth-order valence-electron chi connectivity index (χ4n) is 4.16. The van der Waals surface area contributed by atoms with E-state index < -0.39 is 4.92 Å². The molecule has 8 nitrogen and oxygen atoms in total. The molecule has 1 heterocycles. The van der Waals surface area contributed by atoms with Gasteiger partial charge in [0.1, 0.15) is 0 Å². The molecule has 1 amide bonds. The van der Waals surface area contributed by atoms with Gasteiger partial charge in [-0.15, -0.1) is 10.2 Å². The van der Waals surface area contributed by atoms with Crippen LogP contribution >= 0.6 is 0 Å². The minimum Gasteiger partial charge on any atom is -0.419 e. The zero-order chi connectivity index (χ0) is 20.2. The summed E-state index contributed by atoms with van der Waals surface area (Å²) in [6.45, 7) is 0.309. The second-order valence-electron chi connectivity index (χ2n) is 7.69. The molecule has 1 saturated carbocycles. The molecule has 0 aliphatic heterocycles. The van der Waals surface area contributed by atoms with Crippen molar-refractivity contribution in [2.75, 3.05) is 0 Å². The molecule has 0 radical (unpaired) electrons. The van der Waals surface area contributed by atoms with Crippen LogP contribution in [0.3, 0.4) is 0 Å². The number of allylic oxidation sites excluding steroid dienone is 2. The van der Waals surface area contributed by atoms with Crippen LogP contribution in [0.1, 0.15) is 50.8 Å². The predicted molar refractivity (Wildman–Crippen MR) is 106 cm³/mol. The first-order valence-corrected chi connectivity index (χ1v) is 10.1. The molecule has 2 aliphatic carbocycles. The zero-order valence-electron chi connectivity index (χ0n) is 16.2. The van der Waals surface area contributed by atoms with E-state index in [0.717, 1.165) is 44.9 Å². The van der Waals surface area contributed by atoms with E-state index in [0.29, 0.717) is 23.9 Å². The molecule has 0 N–H and O–H groups in total. The number of nitro groups is 1. The standard InChI is InChI=1S/C21H24N4O4/c26-21(16-6-2-1-3-7-16)24(17-8-4-5-9-17)14-19-22-23-20(29-19)15-10-12-18(13-11-15)25(27)28/h1-2,10-13,16-17H,3-9,14H2. The van der Waals surface area contributed by atoms with E-state index in [9.17, 15) is 14.9 Å². The van der Waals surface area contributed by atoms with E-state index >= 15 is 0 Å². The molecule has 1 fully saturated rings. The second kappa shape index (κ2) is 8.55. The van der Waals surface area contributed by atoms with Crippen molar-refractivity contribution in [2.45, 2.75) is 57.5 Å². The first kappa shape index (κ1) is 19.3. The third kappa shape index (κ3) is 4.36. The van der Waals surface area contributed by atoms with Gasteiger partial charge in [0, 0.05) is 29.7 Å². The fourth-order valence-corrected chi connectivity index (χ4v) is 4.16. The Balaban J connectivity index is 1.51. The van der Waals surface area contributed by atoms with Crippen molar-refractivity contribution in [3.63, 3.8) is 0 Å². The summed E-state index contributed by atoms with van der Waals surface area (Å²) < 4.78 is 5.80. The summed E-state index contributed by atoms with van der Waals surface area (Å²) in [6.07, 6.45) is 11.1. The molecule has 2 aliphatic rings. The van der Waals surface area contributed by atoms with Gasteiger partial charge in [0.2, 0.25) is 17.7 Å². The van der Waals surface area contributed by atoms with Crippen LogP contribution in [0.15, 0.2) is 40.8 Å². The van der Waals surface area contributed by atoms with E-state index in [-0.39, 0.29) is 23.6 Å². The van der Waals surface area contributed by atoms with Gasteiger partial charge in [0.15, 0.2) is 0 Å². The monoisotopic (exact) mass is 396 g/mol. The molecular formula is C21H24N4O4. The van der Waals surface area contributed by atoms with Crippen LogP contribution in [0, 0.1) is 16.0 Å². The van der Waals surface area contributed by atoms with Gasteiger partial charge in [-0.05, 0) is 44.2 Å². The summed E-state index contributed by atoms with van der Waals surface area (Å²) in [7, 11) is 0. The Labute approximate surface area is 168 Å². The highest BCUT2D eigenvalue weighted by molar-refractivity contribution is 5.79. The Bertz CT molecular complexity index is 900. The van der Waals surface area contributed by atoms with Gasteiger partial charge in [0.25, 0.3) is 5.69 Å². The molecule has 152 valence electrons. The largest absolute Gasteiger partial charge is 0.419 e. The SMILES string of the molecule is O=C(C1CC=CCC1)N(Cc1nnc(-c2ccc([N+](=O)[O-])cc2)o1)C1CCCC1. The maximum absolute atomic E-state index is 13.2. The molecule has 4 rings (SSSR count). The molecule has 1 atom stereocenters. The number of aromatic nitrogens is 2. The van der Waals surface area contributed by atoms with Gasteiger partial charge >= 0.3 is 0 Å². The van der Waals surface area contributed by atoms with Crippen molar-refractivity contribution in [2.24, 2.45) is 5.92 Å². The molecule has 1 aromatic heterocycles. The third-order valence-electron chi connectivity index (χ3n) is 5.76. The summed E-state index contributed by atoms with van der Waals surface area (Å²) in [4.78, 5) is 25.5. The number of nitrogens with zero attached hydrogens (tertiary/aromatic N) is 4. The van der Waals surface area contributed by atoms with Crippen LogP contribution in [0.4, 0.5) is 5.69 Å². The number of hydrogen-bond acceptors (Lipinski definition) is 6. The number of amides is 1. The number of nitro benzene ring substituents is 1. The summed E-state index contributed by atoms with van der Waals surface area (Å²) in [5.41, 5.74) is 0.624. The van der Waals surface area contributed by atoms with E-state index in [1.54, 1.807) is 12.1 Å². The number of hydrogen-bond donors (Lipinski definition) is 0. The van der Waals surface area contributed by atoms with Gasteiger partial charge < -0.3 is 9.32 Å². The summed E-state index contributed by atoms with van der Waals surface area (Å²) >= 11 is 0. The molecule has 8 heteroatoms. The first-order chi connectivity index (χ1) is 14.1. The van der Waals surface area contributed by atoms with Gasteiger partial charge in [-0.2, -0.15) is 0 Å². The maximum Gasteiger partial charge on any atom is 0.269 e. The number of benzene rings is 1. The first-order valence-electron chi connectivity index (χ1n) is 10.1. The van der Waals surface area contributed by atoms with Gasteiger partial charge in [-0.3, -0.25) is 14.9 Å². The van der Waals surface area contributed by atoms with E-state index in [1.807, 2.05) is 4.90 Å². The van der Waals surface area contributed by atoms with Gasteiger partial charge in [-0.1, -0.05) is 25.0 Å². The van der Waals surface area contributed by atoms with Crippen LogP contribution in [-0.4, -0.2) is 32.0 Å². The molecule has 2 aromatic rings. The van der Waals surface area contributed by atoms with Crippen LogP contribution in [0.25, 0.3) is 11.5 Å². The lowest BCUT2D eigenvalue weighted by atomic mass is 9.92. The highest BCUT2D eigenvalue weighted by Gasteiger charge is 2.32. The number of carbonyl (C=O) groups is 1. The Morgan fingerprint density at radius 2 is 1.90 bits per heavy atom. The van der Waals surface area contributed by atoms with Crippen LogP contribution in [0.5, 0.6) is 0 Å². The minimum atomic E-state index is -0.450. The van der Waals surface area contributed by atoms with Crippen molar-refractivity contribution in [1.82, 2.24) is 15.1 Å². The van der Waals surface area contributed by atoms with Crippen LogP contribution < -0.4 is 0 Å². The molecule has 0 bridgehead atoms. The fraction of sp³-hybridized carbons (Fsp3) is 0.476. The van der Waals surface area contributed by atoms with Crippen LogP contribution in [0.2, 0.25) is 0 Å². The lowest BCUT2D eigenvalue weighted by Crippen LogP contribution is -2.42. The van der Waals surface area contributed by atoms with Crippen molar-refractivity contribution in [3.05, 3.63) is 52.4 Å². The summed E-state index contributed by atoms with van der Waals surface area (Å²) in [5.74, 6) is 0.897. The van der Waals surface area contributed by atoms with Gasteiger partial charge in [0.05, 0.1) is 11.5 Å². The van der Waals surface area contributed by atoms with Crippen molar-refractivity contribution in [3.8, 4) is 11.5 Å². The topological polar surface area (TPSA) is 102 Å². The predicted octanol–water partition coefficient (Wildman–Crippen LogP) is 4.27. The van der Waals surface area contributed by atoms with Gasteiger partial charge in [-0.25, -0.2) is 0 Å². The van der Waals surface area contributed by atoms with E-state index in [4.69, 9.17) is 4.42 Å². The van der Waals surface area contributed by atoms with Crippen LogP contribution in [-0.2, 0) is 11.3 Å². The lowest BCUT2D eigenvalue weighted by Gasteiger charge is -2.31. The smallest absolute Gasteiger partial charge is 0.269 e. The Morgan fingerprint density at radius 3 is 2.55 bits per heavy atom. The average Bonchev–Trinajstić information content (AvgIpc) is 3.44. The number of rotatable bonds is 6. The lowest BCUT2D eigenvalue weighted by molar-refractivity contribution is -0.384. The molecule has 29 heavy (non-hydrogen) atoms. The van der Waals surface area contributed by atoms with Crippen molar-refractivity contribution < 1.29 is 14.1 Å². The summed E-state index contributed by atoms with van der Waals surface area (Å²) in [6, 6.07) is 6.21. The Kier molecular flexibility index (Phi) is 5.69. The molecule has 1 aromatic carbocycles. The second-order valence-corrected chi connectivity index (χ2v) is 7.69. The quantitative estimate of drug-likeness (QED) is 0.410. The molecule has 0 saturated heterocycles. The summed E-state index contributed by atoms with van der Waals surface area (Å²) in [5, 5.41) is 19.0. The minimum absolute atomic E-state index is 0.00743. The highest BCUT2D eigenvalue weighted by Crippen LogP contribution is 2.30. The number of non-ortho nitro benzene ring substituents is 1. The molecule has 0 spiro atoms. The average molecular weight is 396 g/mol. The molecule has 1 unspecified atom stereocenters. The Morgan fingerprint density at radius 1 is 1.14 bits per heavy atom. The Hall–Kier alpha value is -3.03.